The highest BCUT2D eigenvalue weighted by Gasteiger charge is 2.08. The molecule has 134 valence electrons. The monoisotopic (exact) mass is 331 g/mol. The van der Waals surface area contributed by atoms with Gasteiger partial charge < -0.3 is 14.6 Å². The van der Waals surface area contributed by atoms with E-state index >= 15 is 0 Å². The van der Waals surface area contributed by atoms with Gasteiger partial charge in [0.25, 0.3) is 0 Å². The number of allylic oxidation sites excluding steroid dienone is 1. The first kappa shape index (κ1) is 20.3. The quantitative estimate of drug-likeness (QED) is 0.314. The number of carboxylic acids is 1. The Morgan fingerprint density at radius 2 is 1.62 bits per heavy atom. The second kappa shape index (κ2) is 11.7. The van der Waals surface area contributed by atoms with Gasteiger partial charge in [0.05, 0.1) is 5.97 Å². The van der Waals surface area contributed by atoms with Crippen LogP contribution in [0.15, 0.2) is 35.6 Å². The minimum atomic E-state index is -1.17. The minimum Gasteiger partial charge on any atom is -0.545 e. The SMILES string of the molecule is CCCCCCCCCc1ccccc1O/C(CC)=C(\C)C(=O)[O-]. The van der Waals surface area contributed by atoms with Crippen LogP contribution in [-0.4, -0.2) is 5.97 Å². The number of carboxylic acid groups (broad SMARTS) is 1. The number of hydrogen-bond donors (Lipinski definition) is 0. The van der Waals surface area contributed by atoms with E-state index in [1.165, 1.54) is 45.4 Å². The molecule has 0 saturated carbocycles. The summed E-state index contributed by atoms with van der Waals surface area (Å²) in [5.74, 6) is 0.0689. The Morgan fingerprint density at radius 1 is 1.00 bits per heavy atom. The number of aliphatic carboxylic acids is 1. The number of carbonyl (C=O) groups excluding carboxylic acids is 1. The molecule has 1 aromatic carbocycles. The number of carbonyl (C=O) groups is 1. The zero-order valence-corrected chi connectivity index (χ0v) is 15.4. The minimum absolute atomic E-state index is 0.170. The summed E-state index contributed by atoms with van der Waals surface area (Å²) in [6, 6.07) is 7.90. The lowest BCUT2D eigenvalue weighted by molar-refractivity contribution is -0.299. The molecule has 1 rings (SSSR count). The van der Waals surface area contributed by atoms with Gasteiger partial charge in [-0.25, -0.2) is 0 Å². The van der Waals surface area contributed by atoms with Crippen LogP contribution in [0, 0.1) is 0 Å². The van der Waals surface area contributed by atoms with E-state index < -0.39 is 5.97 Å². The van der Waals surface area contributed by atoms with E-state index in [-0.39, 0.29) is 5.57 Å². The summed E-state index contributed by atoms with van der Waals surface area (Å²) < 4.78 is 5.89. The molecule has 24 heavy (non-hydrogen) atoms. The third-order valence-electron chi connectivity index (χ3n) is 4.30. The number of benzene rings is 1. The maximum absolute atomic E-state index is 11.0. The highest BCUT2D eigenvalue weighted by atomic mass is 16.5. The fourth-order valence-corrected chi connectivity index (χ4v) is 2.74. The van der Waals surface area contributed by atoms with Gasteiger partial charge in [0.2, 0.25) is 0 Å². The molecule has 0 N–H and O–H groups in total. The predicted octanol–water partition coefficient (Wildman–Crippen LogP) is 4.79. The second-order valence-corrected chi connectivity index (χ2v) is 6.27. The van der Waals surface area contributed by atoms with Crippen molar-refractivity contribution < 1.29 is 14.6 Å². The number of para-hydroxylation sites is 1. The molecule has 0 heterocycles. The van der Waals surface area contributed by atoms with Gasteiger partial charge in [-0.05, 0) is 31.4 Å². The molecule has 3 nitrogen and oxygen atoms in total. The van der Waals surface area contributed by atoms with E-state index in [0.717, 1.165) is 24.2 Å². The molecule has 1 aromatic rings. The number of unbranched alkanes of at least 4 members (excludes halogenated alkanes) is 6. The van der Waals surface area contributed by atoms with E-state index in [0.29, 0.717) is 12.2 Å². The van der Waals surface area contributed by atoms with Crippen molar-refractivity contribution in [1.29, 1.82) is 0 Å². The van der Waals surface area contributed by atoms with Crippen LogP contribution >= 0.6 is 0 Å². The van der Waals surface area contributed by atoms with E-state index in [1.807, 2.05) is 25.1 Å². The first-order valence-electron chi connectivity index (χ1n) is 9.27. The highest BCUT2D eigenvalue weighted by Crippen LogP contribution is 2.25. The molecule has 0 aliphatic carbocycles. The molecular formula is C21H31O3-. The van der Waals surface area contributed by atoms with Crippen molar-refractivity contribution in [3.63, 3.8) is 0 Å². The van der Waals surface area contributed by atoms with Gasteiger partial charge in [-0.3, -0.25) is 0 Å². The Morgan fingerprint density at radius 3 is 2.25 bits per heavy atom. The third-order valence-corrected chi connectivity index (χ3v) is 4.30. The average Bonchev–Trinajstić information content (AvgIpc) is 2.59. The van der Waals surface area contributed by atoms with Gasteiger partial charge >= 0.3 is 0 Å². The normalized spacial score (nSPS) is 12.0. The molecule has 0 radical (unpaired) electrons. The van der Waals surface area contributed by atoms with E-state index in [2.05, 4.69) is 13.0 Å². The fourth-order valence-electron chi connectivity index (χ4n) is 2.74. The van der Waals surface area contributed by atoms with Gasteiger partial charge in [0, 0.05) is 12.0 Å². The molecule has 0 saturated heterocycles. The summed E-state index contributed by atoms with van der Waals surface area (Å²) in [7, 11) is 0. The lowest BCUT2D eigenvalue weighted by Gasteiger charge is -2.16. The third kappa shape index (κ3) is 7.20. The molecule has 0 atom stereocenters. The van der Waals surface area contributed by atoms with E-state index in [4.69, 9.17) is 4.74 Å². The Labute approximate surface area is 146 Å². The summed E-state index contributed by atoms with van der Waals surface area (Å²) >= 11 is 0. The lowest BCUT2D eigenvalue weighted by Crippen LogP contribution is -2.25. The zero-order chi connectivity index (χ0) is 17.8. The molecule has 0 aromatic heterocycles. The van der Waals surface area contributed by atoms with Crippen LogP contribution < -0.4 is 9.84 Å². The number of hydrogen-bond acceptors (Lipinski definition) is 3. The van der Waals surface area contributed by atoms with Gasteiger partial charge in [-0.15, -0.1) is 0 Å². The molecule has 0 aliphatic rings. The van der Waals surface area contributed by atoms with Crippen molar-refractivity contribution in [3.8, 4) is 5.75 Å². The molecule has 0 amide bonds. The van der Waals surface area contributed by atoms with Crippen LogP contribution in [0.3, 0.4) is 0 Å². The van der Waals surface area contributed by atoms with Crippen LogP contribution in [-0.2, 0) is 11.2 Å². The zero-order valence-electron chi connectivity index (χ0n) is 15.4. The van der Waals surface area contributed by atoms with Crippen LogP contribution in [0.2, 0.25) is 0 Å². The van der Waals surface area contributed by atoms with Crippen LogP contribution in [0.1, 0.15) is 77.7 Å². The molecule has 0 bridgehead atoms. The topological polar surface area (TPSA) is 49.4 Å². The maximum Gasteiger partial charge on any atom is 0.130 e. The van der Waals surface area contributed by atoms with Gasteiger partial charge in [-0.2, -0.15) is 0 Å². The summed E-state index contributed by atoms with van der Waals surface area (Å²) in [6.45, 7) is 5.66. The Kier molecular flexibility index (Phi) is 9.90. The molecule has 0 aliphatic heterocycles. The van der Waals surface area contributed by atoms with Crippen molar-refractivity contribution in [3.05, 3.63) is 41.2 Å². The summed E-state index contributed by atoms with van der Waals surface area (Å²) in [5.41, 5.74) is 1.31. The predicted molar refractivity (Wildman–Crippen MR) is 96.8 cm³/mol. The lowest BCUT2D eigenvalue weighted by atomic mass is 10.0. The van der Waals surface area contributed by atoms with Crippen molar-refractivity contribution in [1.82, 2.24) is 0 Å². The molecule has 0 fully saturated rings. The smallest absolute Gasteiger partial charge is 0.130 e. The maximum atomic E-state index is 11.0. The number of rotatable bonds is 12. The van der Waals surface area contributed by atoms with Crippen LogP contribution in [0.4, 0.5) is 0 Å². The van der Waals surface area contributed by atoms with E-state index in [1.54, 1.807) is 0 Å². The first-order chi connectivity index (χ1) is 11.6. The van der Waals surface area contributed by atoms with Crippen molar-refractivity contribution in [2.45, 2.75) is 78.6 Å². The number of aryl methyl sites for hydroxylation is 1. The fraction of sp³-hybridized carbons (Fsp3) is 0.571. The van der Waals surface area contributed by atoms with E-state index in [9.17, 15) is 9.90 Å². The van der Waals surface area contributed by atoms with Crippen LogP contribution in [0.5, 0.6) is 5.75 Å². The van der Waals surface area contributed by atoms with Crippen LogP contribution in [0.25, 0.3) is 0 Å². The Hall–Kier alpha value is -1.77. The molecule has 3 heteroatoms. The largest absolute Gasteiger partial charge is 0.545 e. The summed E-state index contributed by atoms with van der Waals surface area (Å²) in [5, 5.41) is 11.0. The number of ether oxygens (including phenoxy) is 1. The Bertz CT molecular complexity index is 532. The van der Waals surface area contributed by atoms with Crippen molar-refractivity contribution >= 4 is 5.97 Å². The average molecular weight is 331 g/mol. The molecular weight excluding hydrogens is 300 g/mol. The first-order valence-corrected chi connectivity index (χ1v) is 9.27. The van der Waals surface area contributed by atoms with Crippen molar-refractivity contribution in [2.24, 2.45) is 0 Å². The van der Waals surface area contributed by atoms with Gasteiger partial charge in [0.1, 0.15) is 11.5 Å². The summed E-state index contributed by atoms with van der Waals surface area (Å²) in [4.78, 5) is 11.0. The van der Waals surface area contributed by atoms with Crippen molar-refractivity contribution in [2.75, 3.05) is 0 Å². The molecule has 0 unspecified atom stereocenters. The Balaban J connectivity index is 2.58. The van der Waals surface area contributed by atoms with Gasteiger partial charge in [0.15, 0.2) is 0 Å². The standard InChI is InChI=1S/C21H32O3/c1-4-6-7-8-9-10-11-14-18-15-12-13-16-20(18)24-19(5-2)17(3)21(22)23/h12-13,15-16H,4-11,14H2,1-3H3,(H,22,23)/p-1/b19-17+. The summed E-state index contributed by atoms with van der Waals surface area (Å²) in [6.07, 6.45) is 10.4. The molecule has 0 spiro atoms. The second-order valence-electron chi connectivity index (χ2n) is 6.27. The van der Waals surface area contributed by atoms with Gasteiger partial charge in [-0.1, -0.05) is 70.6 Å². The highest BCUT2D eigenvalue weighted by molar-refractivity contribution is 5.84.